The van der Waals surface area contributed by atoms with E-state index in [1.54, 1.807) is 5.97 Å². The average Bonchev–Trinajstić information content (AvgIpc) is 0.918. The first-order valence-corrected chi connectivity index (χ1v) is 0.724. The Kier molecular flexibility index (Phi) is 21.2. The molecule has 0 spiro atoms. The molecule has 1 nitrogen and oxygen atoms in total. The fourth-order valence-electron chi connectivity index (χ4n) is 0. The third-order valence-corrected chi connectivity index (χ3v) is 0. The molecule has 4 heavy (non-hydrogen) atoms. The summed E-state index contributed by atoms with van der Waals surface area (Å²) in [5, 5.41) is 7.32. The van der Waals surface area contributed by atoms with Gasteiger partial charge in [-0.1, -0.05) is 0 Å². The van der Waals surface area contributed by atoms with Crippen molar-refractivity contribution in [2.24, 2.45) is 0 Å². The topological polar surface area (TPSA) is 23.8 Å². The van der Waals surface area contributed by atoms with Crippen molar-refractivity contribution in [2.75, 3.05) is 0 Å². The summed E-state index contributed by atoms with van der Waals surface area (Å²) in [6, 6.07) is 0. The van der Waals surface area contributed by atoms with E-state index < -0.39 is 0 Å². The van der Waals surface area contributed by atoms with Gasteiger partial charge in [-0.25, -0.2) is 5.26 Å². The van der Waals surface area contributed by atoms with Gasteiger partial charge in [0.05, 0.1) is 0 Å². The molecular weight excluding hydrogens is 59.8 g/mol. The first-order valence-electron chi connectivity index (χ1n) is 0.724. The molecule has 0 heterocycles. The second kappa shape index (κ2) is 9.60. The minimum atomic E-state index is 0. The van der Waals surface area contributed by atoms with Gasteiger partial charge in [0.2, 0.25) is 7.85 Å². The van der Waals surface area contributed by atoms with Gasteiger partial charge in [-0.2, -0.15) is 0 Å². The van der Waals surface area contributed by atoms with Crippen LogP contribution in [0.5, 0.6) is 0 Å². The van der Waals surface area contributed by atoms with E-state index in [1.807, 2.05) is 0 Å². The van der Waals surface area contributed by atoms with Crippen LogP contribution < -0.4 is 0 Å². The van der Waals surface area contributed by atoms with Crippen molar-refractivity contribution < 1.29 is 0 Å². The van der Waals surface area contributed by atoms with Gasteiger partial charge in [0.15, 0.2) is 0 Å². The normalized spacial score (nSPS) is 1.75. The molecule has 0 fully saturated rings. The van der Waals surface area contributed by atoms with Crippen LogP contribution in [0.2, 0.25) is 0 Å². The van der Waals surface area contributed by atoms with Crippen molar-refractivity contribution in [3.8, 4) is 5.97 Å². The van der Waals surface area contributed by atoms with Gasteiger partial charge in [0.25, 0.3) is 0 Å². The Morgan fingerprint density at radius 2 is 1.75 bits per heavy atom. The van der Waals surface area contributed by atoms with Gasteiger partial charge in [-0.3, -0.25) is 0 Å². The second-order valence-corrected chi connectivity index (χ2v) is 0.224. The Morgan fingerprint density at radius 1 is 1.75 bits per heavy atom. The predicted octanol–water partition coefficient (Wildman–Crippen LogP) is -1.55. The molecule has 0 amide bonds. The molecule has 0 aromatic carbocycles. The van der Waals surface area contributed by atoms with E-state index in [0.29, 0.717) is 0 Å². The van der Waals surface area contributed by atoms with Gasteiger partial charge in [0.1, 0.15) is 0 Å². The van der Waals surface area contributed by atoms with Crippen LogP contribution >= 0.6 is 0 Å². The number of hydrogen-bond donors (Lipinski definition) is 0. The van der Waals surface area contributed by atoms with Crippen LogP contribution in [0.4, 0.5) is 0 Å². The maximum absolute atomic E-state index is 7.32. The summed E-state index contributed by atoms with van der Waals surface area (Å²) in [7, 11) is 1.43. The molecule has 0 rings (SSSR count). The number of rotatable bonds is 0. The third-order valence-electron chi connectivity index (χ3n) is 0. The molecule has 0 aromatic rings. The van der Waals surface area contributed by atoms with Crippen LogP contribution in [0.1, 0.15) is 0 Å². The van der Waals surface area contributed by atoms with Crippen molar-refractivity contribution in [1.29, 1.82) is 5.26 Å². The van der Waals surface area contributed by atoms with Crippen molar-refractivity contribution >= 4 is 37.4 Å². The molecule has 0 saturated heterocycles. The van der Waals surface area contributed by atoms with Gasteiger partial charge in [-0.15, -0.1) is 0 Å². The van der Waals surface area contributed by atoms with E-state index in [-0.39, 0.29) is 29.6 Å². The summed E-state index contributed by atoms with van der Waals surface area (Å²) in [4.78, 5) is 0. The van der Waals surface area contributed by atoms with Crippen LogP contribution in [0.25, 0.3) is 0 Å². The molecule has 0 aliphatic carbocycles. The molecule has 0 aromatic heterocycles. The first-order chi connectivity index (χ1) is 1.41. The zero-order chi connectivity index (χ0) is 2.71. The molecule has 0 aliphatic heterocycles. The van der Waals surface area contributed by atoms with E-state index >= 15 is 0 Å². The minimum absolute atomic E-state index is 0. The Hall–Kier alpha value is 0.555. The zero-order valence-corrected chi connectivity index (χ0v) is 1.95. The van der Waals surface area contributed by atoms with Crippen LogP contribution in [0.3, 0.4) is 0 Å². The Morgan fingerprint density at radius 3 is 1.75 bits per heavy atom. The number of nitriles is 1. The molecule has 0 N–H and O–H groups in total. The van der Waals surface area contributed by atoms with Crippen LogP contribution in [0, 0.1) is 11.2 Å². The van der Waals surface area contributed by atoms with E-state index in [2.05, 4.69) is 0 Å². The predicted molar refractivity (Wildman–Crippen MR) is 21.3 cm³/mol. The molecule has 0 bridgehead atoms. The monoisotopic (exact) mass is 63.0 g/mol. The van der Waals surface area contributed by atoms with Crippen LogP contribution in [0.15, 0.2) is 0 Å². The number of nitrogens with zero attached hydrogens (tertiary/aromatic N) is 1. The Bertz CT molecular complexity index is 29.5. The van der Waals surface area contributed by atoms with Crippen molar-refractivity contribution in [2.45, 2.75) is 0 Å². The summed E-state index contributed by atoms with van der Waals surface area (Å²) < 4.78 is 0. The molecular formula is CH3BNNa. The fraction of sp³-hybridized carbons (Fsp3) is 0. The molecule has 0 aliphatic rings. The second-order valence-electron chi connectivity index (χ2n) is 0.224. The van der Waals surface area contributed by atoms with Crippen molar-refractivity contribution in [3.63, 3.8) is 0 Å². The van der Waals surface area contributed by atoms with E-state index in [4.69, 9.17) is 5.26 Å². The molecule has 0 radical (unpaired) electrons. The van der Waals surface area contributed by atoms with Gasteiger partial charge < -0.3 is 0 Å². The van der Waals surface area contributed by atoms with E-state index in [1.165, 1.54) is 7.85 Å². The molecule has 0 atom stereocenters. The van der Waals surface area contributed by atoms with Crippen molar-refractivity contribution in [3.05, 3.63) is 0 Å². The zero-order valence-electron chi connectivity index (χ0n) is 1.95. The summed E-state index contributed by atoms with van der Waals surface area (Å²) >= 11 is 0. The standard InChI is InChI=1S/CH2BN.Na.H/c2-1-3;;/h2H2;;. The molecule has 16 valence electrons. The van der Waals surface area contributed by atoms with Gasteiger partial charge in [-0.05, 0) is 5.97 Å². The maximum atomic E-state index is 7.32. The average molecular weight is 62.8 g/mol. The van der Waals surface area contributed by atoms with Gasteiger partial charge >= 0.3 is 29.6 Å². The Balaban J connectivity index is 0. The van der Waals surface area contributed by atoms with Crippen LogP contribution in [-0.2, 0) is 0 Å². The van der Waals surface area contributed by atoms with E-state index in [0.717, 1.165) is 0 Å². The van der Waals surface area contributed by atoms with Crippen molar-refractivity contribution in [1.82, 2.24) is 0 Å². The van der Waals surface area contributed by atoms with E-state index in [9.17, 15) is 0 Å². The van der Waals surface area contributed by atoms with Crippen LogP contribution in [-0.4, -0.2) is 37.4 Å². The SMILES string of the molecule is BC#N.[NaH]. The van der Waals surface area contributed by atoms with Gasteiger partial charge in [0, 0.05) is 0 Å². The summed E-state index contributed by atoms with van der Waals surface area (Å²) in [6.45, 7) is 0. The molecule has 0 unspecified atom stereocenters. The summed E-state index contributed by atoms with van der Waals surface area (Å²) in [5.74, 6) is 1.75. The summed E-state index contributed by atoms with van der Waals surface area (Å²) in [5.41, 5.74) is 0. The first kappa shape index (κ1) is 8.82. The summed E-state index contributed by atoms with van der Waals surface area (Å²) in [6.07, 6.45) is 0. The Labute approximate surface area is 48.7 Å². The third kappa shape index (κ3) is 20.1. The molecule has 0 saturated carbocycles. The fourth-order valence-corrected chi connectivity index (χ4v) is 0. The molecule has 3 heteroatoms. The number of hydrogen-bond acceptors (Lipinski definition) is 1. The quantitative estimate of drug-likeness (QED) is 0.312.